The Hall–Kier alpha value is -1.26. The van der Waals surface area contributed by atoms with Gasteiger partial charge in [0.2, 0.25) is 0 Å². The minimum absolute atomic E-state index is 0.0415. The van der Waals surface area contributed by atoms with Crippen molar-refractivity contribution in [3.05, 3.63) is 35.9 Å². The Labute approximate surface area is 86.1 Å². The molecule has 1 aromatic rings. The minimum atomic E-state index is -0.0415. The van der Waals surface area contributed by atoms with Gasteiger partial charge in [-0.15, -0.1) is 6.42 Å². The molecule has 0 fully saturated rings. The van der Waals surface area contributed by atoms with Crippen LogP contribution < -0.4 is 0 Å². The summed E-state index contributed by atoms with van der Waals surface area (Å²) in [5.74, 6) is 2.65. The third kappa shape index (κ3) is 3.64. The molecule has 0 unspecified atom stereocenters. The van der Waals surface area contributed by atoms with Crippen LogP contribution in [-0.2, 0) is 11.2 Å². The normalized spacial score (nSPS) is 12.0. The molecule has 0 aliphatic rings. The number of aryl methyl sites for hydroxylation is 1. The minimum Gasteiger partial charge on any atom is -0.366 e. The Bertz CT molecular complexity index is 284. The summed E-state index contributed by atoms with van der Waals surface area (Å²) in [5, 5.41) is 0. The molecule has 0 N–H and O–H groups in total. The molecule has 0 aliphatic heterocycles. The van der Waals surface area contributed by atoms with Gasteiger partial charge in [-0.25, -0.2) is 0 Å². The van der Waals surface area contributed by atoms with E-state index < -0.39 is 0 Å². The van der Waals surface area contributed by atoms with Crippen molar-refractivity contribution < 1.29 is 4.74 Å². The largest absolute Gasteiger partial charge is 0.366 e. The second-order valence-corrected chi connectivity index (χ2v) is 3.13. The summed E-state index contributed by atoms with van der Waals surface area (Å²) in [5.41, 5.74) is 1.31. The molecular weight excluding hydrogens is 172 g/mol. The summed E-state index contributed by atoms with van der Waals surface area (Å²) in [6, 6.07) is 10.3. The molecule has 1 heteroatoms. The summed E-state index contributed by atoms with van der Waals surface area (Å²) in [4.78, 5) is 0. The van der Waals surface area contributed by atoms with Crippen LogP contribution in [0.1, 0.15) is 18.9 Å². The maximum absolute atomic E-state index is 5.38. The SMILES string of the molecule is C#C[C@H](CCc1ccccc1)OCC. The lowest BCUT2D eigenvalue weighted by Gasteiger charge is -2.09. The smallest absolute Gasteiger partial charge is 0.118 e. The monoisotopic (exact) mass is 188 g/mol. The first kappa shape index (κ1) is 10.8. The maximum Gasteiger partial charge on any atom is 0.118 e. The summed E-state index contributed by atoms with van der Waals surface area (Å²) < 4.78 is 5.38. The third-order valence-corrected chi connectivity index (χ3v) is 2.09. The Morgan fingerprint density at radius 1 is 1.36 bits per heavy atom. The summed E-state index contributed by atoms with van der Waals surface area (Å²) in [6.45, 7) is 2.65. The molecule has 74 valence electrons. The quantitative estimate of drug-likeness (QED) is 0.645. The van der Waals surface area contributed by atoms with Gasteiger partial charge in [0.1, 0.15) is 6.10 Å². The van der Waals surface area contributed by atoms with E-state index in [2.05, 4.69) is 18.1 Å². The topological polar surface area (TPSA) is 9.23 Å². The zero-order valence-corrected chi connectivity index (χ0v) is 8.57. The van der Waals surface area contributed by atoms with E-state index in [1.165, 1.54) is 5.56 Å². The van der Waals surface area contributed by atoms with Crippen LogP contribution >= 0.6 is 0 Å². The second-order valence-electron chi connectivity index (χ2n) is 3.13. The lowest BCUT2D eigenvalue weighted by molar-refractivity contribution is 0.0972. The number of hydrogen-bond acceptors (Lipinski definition) is 1. The van der Waals surface area contributed by atoms with Crippen LogP contribution in [0.15, 0.2) is 30.3 Å². The first-order valence-electron chi connectivity index (χ1n) is 4.98. The standard InChI is InChI=1S/C13H16O/c1-3-13(14-4-2)11-10-12-8-6-5-7-9-12/h1,5-9,13H,4,10-11H2,2H3/t13-/m1/s1. The maximum atomic E-state index is 5.38. The molecule has 0 saturated heterocycles. The van der Waals surface area contributed by atoms with Crippen molar-refractivity contribution >= 4 is 0 Å². The predicted octanol–water partition coefficient (Wildman–Crippen LogP) is 2.66. The van der Waals surface area contributed by atoms with Gasteiger partial charge in [-0.3, -0.25) is 0 Å². The highest BCUT2D eigenvalue weighted by molar-refractivity contribution is 5.15. The fourth-order valence-corrected chi connectivity index (χ4v) is 1.36. The van der Waals surface area contributed by atoms with Gasteiger partial charge in [0.05, 0.1) is 0 Å². The number of benzene rings is 1. The molecule has 1 aromatic carbocycles. The third-order valence-electron chi connectivity index (χ3n) is 2.09. The van der Waals surface area contributed by atoms with Crippen LogP contribution in [0.2, 0.25) is 0 Å². The van der Waals surface area contributed by atoms with Gasteiger partial charge < -0.3 is 4.74 Å². The van der Waals surface area contributed by atoms with E-state index in [0.29, 0.717) is 6.61 Å². The molecule has 0 aliphatic carbocycles. The molecule has 0 heterocycles. The molecule has 0 bridgehead atoms. The van der Waals surface area contributed by atoms with Crippen LogP contribution in [0.25, 0.3) is 0 Å². The first-order chi connectivity index (χ1) is 6.86. The van der Waals surface area contributed by atoms with Crippen molar-refractivity contribution in [2.75, 3.05) is 6.61 Å². The number of ether oxygens (including phenoxy) is 1. The Kier molecular flexibility index (Phi) is 4.82. The summed E-state index contributed by atoms with van der Waals surface area (Å²) in [6.07, 6.45) is 7.19. The van der Waals surface area contributed by atoms with Gasteiger partial charge in [-0.05, 0) is 25.3 Å². The fourth-order valence-electron chi connectivity index (χ4n) is 1.36. The van der Waals surface area contributed by atoms with E-state index >= 15 is 0 Å². The van der Waals surface area contributed by atoms with E-state index in [1.807, 2.05) is 25.1 Å². The highest BCUT2D eigenvalue weighted by Gasteiger charge is 2.03. The summed E-state index contributed by atoms with van der Waals surface area (Å²) >= 11 is 0. The highest BCUT2D eigenvalue weighted by atomic mass is 16.5. The molecule has 14 heavy (non-hydrogen) atoms. The van der Waals surface area contributed by atoms with E-state index in [-0.39, 0.29) is 6.10 Å². The Morgan fingerprint density at radius 2 is 2.07 bits per heavy atom. The van der Waals surface area contributed by atoms with Crippen molar-refractivity contribution in [3.63, 3.8) is 0 Å². The zero-order chi connectivity index (χ0) is 10.2. The number of hydrogen-bond donors (Lipinski definition) is 0. The van der Waals surface area contributed by atoms with Crippen molar-refractivity contribution in [1.82, 2.24) is 0 Å². The molecule has 0 amide bonds. The Morgan fingerprint density at radius 3 is 2.64 bits per heavy atom. The van der Waals surface area contributed by atoms with Crippen LogP contribution in [0, 0.1) is 12.3 Å². The molecule has 0 saturated carbocycles. The van der Waals surface area contributed by atoms with Crippen molar-refractivity contribution in [3.8, 4) is 12.3 Å². The molecule has 1 rings (SSSR count). The van der Waals surface area contributed by atoms with Gasteiger partial charge in [-0.1, -0.05) is 36.3 Å². The van der Waals surface area contributed by atoms with Gasteiger partial charge in [0, 0.05) is 6.61 Å². The van der Waals surface area contributed by atoms with E-state index in [1.54, 1.807) is 0 Å². The van der Waals surface area contributed by atoms with Gasteiger partial charge in [-0.2, -0.15) is 0 Å². The van der Waals surface area contributed by atoms with Gasteiger partial charge >= 0.3 is 0 Å². The predicted molar refractivity (Wildman–Crippen MR) is 59.0 cm³/mol. The molecule has 0 spiro atoms. The molecule has 0 aromatic heterocycles. The second kappa shape index (κ2) is 6.23. The zero-order valence-electron chi connectivity index (χ0n) is 8.57. The lowest BCUT2D eigenvalue weighted by Crippen LogP contribution is -2.11. The van der Waals surface area contributed by atoms with Crippen LogP contribution in [0.5, 0.6) is 0 Å². The van der Waals surface area contributed by atoms with Crippen LogP contribution in [0.4, 0.5) is 0 Å². The highest BCUT2D eigenvalue weighted by Crippen LogP contribution is 2.06. The van der Waals surface area contributed by atoms with Crippen LogP contribution in [-0.4, -0.2) is 12.7 Å². The number of terminal acetylenes is 1. The fraction of sp³-hybridized carbons (Fsp3) is 0.385. The van der Waals surface area contributed by atoms with E-state index in [9.17, 15) is 0 Å². The van der Waals surface area contributed by atoms with Crippen molar-refractivity contribution in [1.29, 1.82) is 0 Å². The number of rotatable bonds is 5. The summed E-state index contributed by atoms with van der Waals surface area (Å²) in [7, 11) is 0. The average molecular weight is 188 g/mol. The first-order valence-corrected chi connectivity index (χ1v) is 4.98. The van der Waals surface area contributed by atoms with Crippen LogP contribution in [0.3, 0.4) is 0 Å². The van der Waals surface area contributed by atoms with E-state index in [0.717, 1.165) is 12.8 Å². The Balaban J connectivity index is 2.37. The average Bonchev–Trinajstić information content (AvgIpc) is 2.25. The van der Waals surface area contributed by atoms with E-state index in [4.69, 9.17) is 11.2 Å². The molecular formula is C13H16O. The van der Waals surface area contributed by atoms with Gasteiger partial charge in [0.15, 0.2) is 0 Å². The van der Waals surface area contributed by atoms with Crippen molar-refractivity contribution in [2.45, 2.75) is 25.9 Å². The lowest BCUT2D eigenvalue weighted by atomic mass is 10.1. The molecule has 1 atom stereocenters. The molecule has 0 radical (unpaired) electrons. The molecule has 1 nitrogen and oxygen atoms in total. The van der Waals surface area contributed by atoms with Crippen molar-refractivity contribution in [2.24, 2.45) is 0 Å². The van der Waals surface area contributed by atoms with Gasteiger partial charge in [0.25, 0.3) is 0 Å².